The van der Waals surface area contributed by atoms with E-state index in [2.05, 4.69) is 0 Å². The maximum Gasteiger partial charge on any atom is 0.243 e. The van der Waals surface area contributed by atoms with Crippen molar-refractivity contribution in [2.75, 3.05) is 32.9 Å². The Morgan fingerprint density at radius 3 is 2.60 bits per heavy atom. The van der Waals surface area contributed by atoms with Gasteiger partial charge in [0.15, 0.2) is 11.5 Å². The molecular formula is C13H19NO5S. The van der Waals surface area contributed by atoms with Gasteiger partial charge in [0.25, 0.3) is 0 Å². The minimum absolute atomic E-state index is 0.0346. The average Bonchev–Trinajstić information content (AvgIpc) is 2.47. The topological polar surface area (TPSA) is 76.1 Å². The summed E-state index contributed by atoms with van der Waals surface area (Å²) in [6.07, 6.45) is 0.414. The normalized spacial score (nSPS) is 14.6. The lowest BCUT2D eigenvalue weighted by molar-refractivity contribution is 0.171. The summed E-state index contributed by atoms with van der Waals surface area (Å²) >= 11 is 0. The van der Waals surface area contributed by atoms with Crippen molar-refractivity contribution in [3.05, 3.63) is 18.2 Å². The van der Waals surface area contributed by atoms with Gasteiger partial charge in [0.05, 0.1) is 4.90 Å². The summed E-state index contributed by atoms with van der Waals surface area (Å²) in [5, 5.41) is 8.85. The Bertz CT molecular complexity index is 558. The summed E-state index contributed by atoms with van der Waals surface area (Å²) in [4.78, 5) is 0.182. The predicted octanol–water partition coefficient (Wildman–Crippen LogP) is 0.851. The molecule has 0 amide bonds. The van der Waals surface area contributed by atoms with Crippen molar-refractivity contribution in [1.29, 1.82) is 0 Å². The molecule has 0 spiro atoms. The predicted molar refractivity (Wildman–Crippen MR) is 73.6 cm³/mol. The van der Waals surface area contributed by atoms with Gasteiger partial charge in [0.1, 0.15) is 13.2 Å². The van der Waals surface area contributed by atoms with E-state index in [1.807, 2.05) is 0 Å². The molecule has 6 nitrogen and oxygen atoms in total. The van der Waals surface area contributed by atoms with Gasteiger partial charge in [0.2, 0.25) is 10.0 Å². The van der Waals surface area contributed by atoms with Crippen LogP contribution >= 0.6 is 0 Å². The summed E-state index contributed by atoms with van der Waals surface area (Å²) in [6, 6.07) is 4.62. The van der Waals surface area contributed by atoms with Crippen LogP contribution in [0.3, 0.4) is 0 Å². The molecule has 7 heteroatoms. The number of benzene rings is 1. The van der Waals surface area contributed by atoms with E-state index in [0.717, 1.165) is 0 Å². The smallest absolute Gasteiger partial charge is 0.243 e. The lowest BCUT2D eigenvalue weighted by Crippen LogP contribution is -2.32. The fourth-order valence-electron chi connectivity index (χ4n) is 2.03. The van der Waals surface area contributed by atoms with Gasteiger partial charge >= 0.3 is 0 Å². The van der Waals surface area contributed by atoms with Crippen molar-refractivity contribution in [3.8, 4) is 11.5 Å². The standard InChI is InChI=1S/C13H19NO5S/c1-2-14(6-3-7-15)20(16,17)11-4-5-12-13(10-11)19-9-8-18-12/h4-5,10,15H,2-3,6-9H2,1H3. The van der Waals surface area contributed by atoms with Gasteiger partial charge in [-0.2, -0.15) is 4.31 Å². The van der Waals surface area contributed by atoms with E-state index in [1.54, 1.807) is 13.0 Å². The van der Waals surface area contributed by atoms with Gasteiger partial charge < -0.3 is 14.6 Å². The van der Waals surface area contributed by atoms with Crippen LogP contribution in [0.4, 0.5) is 0 Å². The monoisotopic (exact) mass is 301 g/mol. The number of aliphatic hydroxyl groups excluding tert-OH is 1. The van der Waals surface area contributed by atoms with Crippen LogP contribution in [0.2, 0.25) is 0 Å². The van der Waals surface area contributed by atoms with Crippen molar-refractivity contribution in [2.45, 2.75) is 18.2 Å². The molecular weight excluding hydrogens is 282 g/mol. The second-order valence-electron chi connectivity index (χ2n) is 4.38. The highest BCUT2D eigenvalue weighted by atomic mass is 32.2. The maximum absolute atomic E-state index is 12.5. The van der Waals surface area contributed by atoms with Crippen molar-refractivity contribution in [3.63, 3.8) is 0 Å². The van der Waals surface area contributed by atoms with Crippen molar-refractivity contribution >= 4 is 10.0 Å². The molecule has 1 aliphatic rings. The minimum atomic E-state index is -3.57. The molecule has 112 valence electrons. The summed E-state index contributed by atoms with van der Waals surface area (Å²) in [5.74, 6) is 1.02. The summed E-state index contributed by atoms with van der Waals surface area (Å²) < 4.78 is 37.1. The van der Waals surface area contributed by atoms with Gasteiger partial charge in [-0.15, -0.1) is 0 Å². The lowest BCUT2D eigenvalue weighted by Gasteiger charge is -2.22. The van der Waals surface area contributed by atoms with Gasteiger partial charge in [-0.25, -0.2) is 8.42 Å². The third-order valence-electron chi connectivity index (χ3n) is 3.07. The number of hydrogen-bond acceptors (Lipinski definition) is 5. The first-order chi connectivity index (χ1) is 9.59. The van der Waals surface area contributed by atoms with Crippen LogP contribution in [0.1, 0.15) is 13.3 Å². The fourth-order valence-corrected chi connectivity index (χ4v) is 3.53. The van der Waals surface area contributed by atoms with E-state index in [0.29, 0.717) is 44.2 Å². The second-order valence-corrected chi connectivity index (χ2v) is 6.32. The molecule has 0 aromatic heterocycles. The minimum Gasteiger partial charge on any atom is -0.486 e. The molecule has 0 saturated carbocycles. The van der Waals surface area contributed by atoms with Gasteiger partial charge in [-0.3, -0.25) is 0 Å². The van der Waals surface area contributed by atoms with Crippen LogP contribution < -0.4 is 9.47 Å². The molecule has 1 N–H and O–H groups in total. The quantitative estimate of drug-likeness (QED) is 0.843. The zero-order valence-electron chi connectivity index (χ0n) is 11.4. The van der Waals surface area contributed by atoms with Crippen LogP contribution in [0.15, 0.2) is 23.1 Å². The highest BCUT2D eigenvalue weighted by molar-refractivity contribution is 7.89. The maximum atomic E-state index is 12.5. The Morgan fingerprint density at radius 1 is 1.25 bits per heavy atom. The second kappa shape index (κ2) is 6.43. The first kappa shape index (κ1) is 15.1. The van der Waals surface area contributed by atoms with E-state index < -0.39 is 10.0 Å². The third kappa shape index (κ3) is 3.05. The van der Waals surface area contributed by atoms with E-state index in [-0.39, 0.29) is 11.5 Å². The molecule has 1 heterocycles. The zero-order valence-corrected chi connectivity index (χ0v) is 12.2. The zero-order chi connectivity index (χ0) is 14.6. The molecule has 2 rings (SSSR count). The van der Waals surface area contributed by atoms with E-state index in [9.17, 15) is 8.42 Å². The largest absolute Gasteiger partial charge is 0.486 e. The van der Waals surface area contributed by atoms with Crippen LogP contribution in [-0.4, -0.2) is 50.7 Å². The first-order valence-corrected chi connectivity index (χ1v) is 8.04. The molecule has 1 aliphatic heterocycles. The van der Waals surface area contributed by atoms with E-state index >= 15 is 0 Å². The number of sulfonamides is 1. The Balaban J connectivity index is 2.28. The van der Waals surface area contributed by atoms with Crippen LogP contribution in [-0.2, 0) is 10.0 Å². The molecule has 1 aromatic carbocycles. The number of hydrogen-bond donors (Lipinski definition) is 1. The molecule has 0 atom stereocenters. The summed E-state index contributed by atoms with van der Waals surface area (Å²) in [6.45, 7) is 3.27. The number of rotatable bonds is 6. The van der Waals surface area contributed by atoms with Gasteiger partial charge in [-0.05, 0) is 18.6 Å². The van der Waals surface area contributed by atoms with Gasteiger partial charge in [0, 0.05) is 25.8 Å². The molecule has 0 saturated heterocycles. The van der Waals surface area contributed by atoms with Crippen LogP contribution in [0.25, 0.3) is 0 Å². The fraction of sp³-hybridized carbons (Fsp3) is 0.538. The Hall–Kier alpha value is -1.31. The lowest BCUT2D eigenvalue weighted by atomic mass is 10.3. The molecule has 1 aromatic rings. The SMILES string of the molecule is CCN(CCCO)S(=O)(=O)c1ccc2c(c1)OCCO2. The van der Waals surface area contributed by atoms with Crippen molar-refractivity contribution in [1.82, 2.24) is 4.31 Å². The molecule has 0 fully saturated rings. The summed E-state index contributed by atoms with van der Waals surface area (Å²) in [5.41, 5.74) is 0. The Morgan fingerprint density at radius 2 is 1.95 bits per heavy atom. The Labute approximate surface area is 119 Å². The number of fused-ring (bicyclic) bond motifs is 1. The number of nitrogens with zero attached hydrogens (tertiary/aromatic N) is 1. The Kier molecular flexibility index (Phi) is 4.85. The molecule has 20 heavy (non-hydrogen) atoms. The highest BCUT2D eigenvalue weighted by Crippen LogP contribution is 2.33. The molecule has 0 aliphatic carbocycles. The van der Waals surface area contributed by atoms with Crippen LogP contribution in [0.5, 0.6) is 11.5 Å². The molecule has 0 bridgehead atoms. The van der Waals surface area contributed by atoms with Crippen molar-refractivity contribution < 1.29 is 23.0 Å². The summed E-state index contributed by atoms with van der Waals surface area (Å²) in [7, 11) is -3.57. The third-order valence-corrected chi connectivity index (χ3v) is 5.04. The highest BCUT2D eigenvalue weighted by Gasteiger charge is 2.24. The van der Waals surface area contributed by atoms with Crippen LogP contribution in [0, 0.1) is 0 Å². The number of aliphatic hydroxyl groups is 1. The molecule has 0 radical (unpaired) electrons. The van der Waals surface area contributed by atoms with E-state index in [4.69, 9.17) is 14.6 Å². The van der Waals surface area contributed by atoms with E-state index in [1.165, 1.54) is 16.4 Å². The van der Waals surface area contributed by atoms with Crippen molar-refractivity contribution in [2.24, 2.45) is 0 Å². The average molecular weight is 301 g/mol. The molecule has 0 unspecified atom stereocenters. The van der Waals surface area contributed by atoms with Gasteiger partial charge in [-0.1, -0.05) is 6.92 Å². The number of ether oxygens (including phenoxy) is 2. The first-order valence-electron chi connectivity index (χ1n) is 6.60.